The summed E-state index contributed by atoms with van der Waals surface area (Å²) < 4.78 is 0. The van der Waals surface area contributed by atoms with Crippen LogP contribution in [0, 0.1) is 17.0 Å². The fourth-order valence-electron chi connectivity index (χ4n) is 2.82. The quantitative estimate of drug-likeness (QED) is 0.679. The molecule has 0 spiro atoms. The summed E-state index contributed by atoms with van der Waals surface area (Å²) in [5.41, 5.74) is 2.04. The first kappa shape index (κ1) is 14.8. The Labute approximate surface area is 120 Å². The van der Waals surface area contributed by atoms with Gasteiger partial charge >= 0.3 is 0 Å². The number of aryl methyl sites for hydroxylation is 1. The molecule has 20 heavy (non-hydrogen) atoms. The van der Waals surface area contributed by atoms with Gasteiger partial charge in [-0.25, -0.2) is 0 Å². The van der Waals surface area contributed by atoms with Gasteiger partial charge < -0.3 is 10.2 Å². The van der Waals surface area contributed by atoms with Gasteiger partial charge in [0.25, 0.3) is 5.69 Å². The molecule has 1 heterocycles. The lowest BCUT2D eigenvalue weighted by Gasteiger charge is -2.41. The average molecular weight is 277 g/mol. The lowest BCUT2D eigenvalue weighted by molar-refractivity contribution is -0.384. The number of nitro benzene ring substituents is 1. The van der Waals surface area contributed by atoms with Crippen molar-refractivity contribution in [1.82, 2.24) is 5.32 Å². The van der Waals surface area contributed by atoms with Gasteiger partial charge in [-0.1, -0.05) is 19.9 Å². The number of rotatable bonds is 4. The molecular weight excluding hydrogens is 254 g/mol. The van der Waals surface area contributed by atoms with E-state index in [0.717, 1.165) is 37.2 Å². The van der Waals surface area contributed by atoms with E-state index in [-0.39, 0.29) is 10.6 Å². The maximum atomic E-state index is 11.3. The van der Waals surface area contributed by atoms with Crippen molar-refractivity contribution in [3.05, 3.63) is 33.9 Å². The van der Waals surface area contributed by atoms with Crippen LogP contribution in [0.2, 0.25) is 0 Å². The number of anilines is 1. The molecule has 0 bridgehead atoms. The number of benzene rings is 1. The molecule has 5 heteroatoms. The van der Waals surface area contributed by atoms with E-state index in [2.05, 4.69) is 24.1 Å². The van der Waals surface area contributed by atoms with Gasteiger partial charge in [0, 0.05) is 31.2 Å². The molecule has 1 aliphatic heterocycles. The van der Waals surface area contributed by atoms with Crippen LogP contribution in [0.15, 0.2) is 18.2 Å². The normalized spacial score (nSPS) is 22.9. The first-order valence-electron chi connectivity index (χ1n) is 7.31. The van der Waals surface area contributed by atoms with Crippen molar-refractivity contribution in [2.75, 3.05) is 18.0 Å². The minimum Gasteiger partial charge on any atom is -0.360 e. The van der Waals surface area contributed by atoms with Gasteiger partial charge in [-0.3, -0.25) is 10.1 Å². The van der Waals surface area contributed by atoms with Gasteiger partial charge in [-0.2, -0.15) is 0 Å². The molecule has 2 unspecified atom stereocenters. The first-order valence-corrected chi connectivity index (χ1v) is 7.31. The lowest BCUT2D eigenvalue weighted by atomic mass is 10.0. The summed E-state index contributed by atoms with van der Waals surface area (Å²) in [5, 5.41) is 14.8. The monoisotopic (exact) mass is 277 g/mol. The number of hydrogen-bond acceptors (Lipinski definition) is 4. The van der Waals surface area contributed by atoms with Gasteiger partial charge in [0.1, 0.15) is 5.69 Å². The van der Waals surface area contributed by atoms with Crippen LogP contribution >= 0.6 is 0 Å². The zero-order valence-corrected chi connectivity index (χ0v) is 12.4. The van der Waals surface area contributed by atoms with Gasteiger partial charge in [-0.15, -0.1) is 0 Å². The third-order valence-electron chi connectivity index (χ3n) is 4.10. The van der Waals surface area contributed by atoms with E-state index in [1.54, 1.807) is 6.07 Å². The molecule has 1 fully saturated rings. The predicted octanol–water partition coefficient (Wildman–Crippen LogP) is 2.87. The summed E-state index contributed by atoms with van der Waals surface area (Å²) in [6.45, 7) is 7.98. The molecule has 1 aromatic rings. The standard InChI is InChI=1S/C15H23N3O2/c1-4-12-10-17(13(5-2)9-16-12)15-8-11(3)6-7-14(15)18(19)20/h6-8,12-13,16H,4-5,9-10H2,1-3H3. The molecule has 0 radical (unpaired) electrons. The predicted molar refractivity (Wildman–Crippen MR) is 81.3 cm³/mol. The second-order valence-electron chi connectivity index (χ2n) is 5.48. The van der Waals surface area contributed by atoms with Gasteiger partial charge in [0.05, 0.1) is 4.92 Å². The first-order chi connectivity index (χ1) is 9.56. The molecular formula is C15H23N3O2. The van der Waals surface area contributed by atoms with Gasteiger partial charge in [0.2, 0.25) is 0 Å². The van der Waals surface area contributed by atoms with E-state index >= 15 is 0 Å². The summed E-state index contributed by atoms with van der Waals surface area (Å²) in [6, 6.07) is 6.10. The minimum absolute atomic E-state index is 0.214. The van der Waals surface area contributed by atoms with Crippen LogP contribution in [-0.4, -0.2) is 30.1 Å². The maximum absolute atomic E-state index is 11.3. The van der Waals surface area contributed by atoms with Crippen molar-refractivity contribution in [3.63, 3.8) is 0 Å². The molecule has 0 aliphatic carbocycles. The third-order valence-corrected chi connectivity index (χ3v) is 4.10. The molecule has 2 atom stereocenters. The van der Waals surface area contributed by atoms with Gasteiger partial charge in [-0.05, 0) is 31.4 Å². The van der Waals surface area contributed by atoms with Crippen molar-refractivity contribution >= 4 is 11.4 Å². The highest BCUT2D eigenvalue weighted by Gasteiger charge is 2.30. The van der Waals surface area contributed by atoms with Crippen molar-refractivity contribution in [1.29, 1.82) is 0 Å². The van der Waals surface area contributed by atoms with E-state index in [1.165, 1.54) is 0 Å². The van der Waals surface area contributed by atoms with Crippen molar-refractivity contribution < 1.29 is 4.92 Å². The molecule has 5 nitrogen and oxygen atoms in total. The topological polar surface area (TPSA) is 58.4 Å². The number of nitrogens with one attached hydrogen (secondary N) is 1. The van der Waals surface area contributed by atoms with E-state index in [4.69, 9.17) is 0 Å². The fourth-order valence-corrected chi connectivity index (χ4v) is 2.82. The Balaban J connectivity index is 2.40. The Morgan fingerprint density at radius 3 is 2.75 bits per heavy atom. The van der Waals surface area contributed by atoms with E-state index in [0.29, 0.717) is 12.1 Å². The molecule has 1 aliphatic rings. The second kappa shape index (κ2) is 6.22. The third kappa shape index (κ3) is 2.93. The van der Waals surface area contributed by atoms with Crippen LogP contribution in [0.4, 0.5) is 11.4 Å². The SMILES string of the molecule is CCC1CN(c2cc(C)ccc2[N+](=O)[O-])C(CC)CN1. The zero-order chi connectivity index (χ0) is 14.7. The van der Waals surface area contributed by atoms with Crippen molar-refractivity contribution in [3.8, 4) is 0 Å². The highest BCUT2D eigenvalue weighted by atomic mass is 16.6. The summed E-state index contributed by atoms with van der Waals surface area (Å²) >= 11 is 0. The Morgan fingerprint density at radius 2 is 2.15 bits per heavy atom. The highest BCUT2D eigenvalue weighted by Crippen LogP contribution is 2.32. The Morgan fingerprint density at radius 1 is 1.40 bits per heavy atom. The van der Waals surface area contributed by atoms with Crippen LogP contribution in [0.5, 0.6) is 0 Å². The van der Waals surface area contributed by atoms with Gasteiger partial charge in [0.15, 0.2) is 0 Å². The van der Waals surface area contributed by atoms with Crippen molar-refractivity contribution in [2.45, 2.75) is 45.7 Å². The highest BCUT2D eigenvalue weighted by molar-refractivity contribution is 5.65. The average Bonchev–Trinajstić information content (AvgIpc) is 2.46. The van der Waals surface area contributed by atoms with Crippen LogP contribution in [-0.2, 0) is 0 Å². The van der Waals surface area contributed by atoms with E-state index in [9.17, 15) is 10.1 Å². The van der Waals surface area contributed by atoms with Crippen molar-refractivity contribution in [2.24, 2.45) is 0 Å². The smallest absolute Gasteiger partial charge is 0.292 e. The maximum Gasteiger partial charge on any atom is 0.292 e. The number of hydrogen-bond donors (Lipinski definition) is 1. The van der Waals surface area contributed by atoms with E-state index in [1.807, 2.05) is 19.1 Å². The minimum atomic E-state index is -0.273. The largest absolute Gasteiger partial charge is 0.360 e. The molecule has 2 rings (SSSR count). The molecule has 0 amide bonds. The molecule has 110 valence electrons. The summed E-state index contributed by atoms with van der Waals surface area (Å²) in [7, 11) is 0. The van der Waals surface area contributed by atoms with Crippen LogP contribution < -0.4 is 10.2 Å². The Hall–Kier alpha value is -1.62. The summed E-state index contributed by atoms with van der Waals surface area (Å²) in [5.74, 6) is 0. The molecule has 0 saturated carbocycles. The van der Waals surface area contributed by atoms with Crippen LogP contribution in [0.3, 0.4) is 0 Å². The Kier molecular flexibility index (Phi) is 4.60. The number of nitro groups is 1. The summed E-state index contributed by atoms with van der Waals surface area (Å²) in [4.78, 5) is 13.2. The van der Waals surface area contributed by atoms with Crippen LogP contribution in [0.25, 0.3) is 0 Å². The molecule has 1 aromatic carbocycles. The number of nitrogens with zero attached hydrogens (tertiary/aromatic N) is 2. The molecule has 0 aromatic heterocycles. The molecule has 1 saturated heterocycles. The second-order valence-corrected chi connectivity index (χ2v) is 5.48. The Bertz CT molecular complexity index is 490. The molecule has 1 N–H and O–H groups in total. The zero-order valence-electron chi connectivity index (χ0n) is 12.4. The fraction of sp³-hybridized carbons (Fsp3) is 0.600. The lowest BCUT2D eigenvalue weighted by Crippen LogP contribution is -2.56. The van der Waals surface area contributed by atoms with Crippen LogP contribution in [0.1, 0.15) is 32.3 Å². The van der Waals surface area contributed by atoms with E-state index < -0.39 is 0 Å². The summed E-state index contributed by atoms with van der Waals surface area (Å²) in [6.07, 6.45) is 2.01. The number of piperazine rings is 1.